The summed E-state index contributed by atoms with van der Waals surface area (Å²) in [6.07, 6.45) is 2.01. The van der Waals surface area contributed by atoms with Crippen LogP contribution in [0.3, 0.4) is 0 Å². The van der Waals surface area contributed by atoms with Gasteiger partial charge in [0.25, 0.3) is 0 Å². The van der Waals surface area contributed by atoms with Crippen molar-refractivity contribution >= 4 is 11.9 Å². The molecule has 5 heteroatoms. The minimum absolute atomic E-state index is 0.0744. The van der Waals surface area contributed by atoms with Gasteiger partial charge in [-0.1, -0.05) is 31.2 Å². The highest BCUT2D eigenvalue weighted by molar-refractivity contribution is 5.73. The monoisotopic (exact) mass is 279 g/mol. The van der Waals surface area contributed by atoms with Gasteiger partial charge in [0.05, 0.1) is 6.42 Å². The lowest BCUT2D eigenvalue weighted by Crippen LogP contribution is -2.38. The van der Waals surface area contributed by atoms with Gasteiger partial charge in [-0.05, 0) is 30.4 Å². The second-order valence-corrected chi connectivity index (χ2v) is 4.70. The Morgan fingerprint density at radius 3 is 2.25 bits per heavy atom. The second-order valence-electron chi connectivity index (χ2n) is 4.70. The molecule has 0 aliphatic rings. The van der Waals surface area contributed by atoms with Crippen molar-refractivity contribution in [1.82, 2.24) is 5.32 Å². The molecule has 1 aromatic rings. The van der Waals surface area contributed by atoms with Crippen LogP contribution >= 0.6 is 0 Å². The van der Waals surface area contributed by atoms with Gasteiger partial charge in [-0.2, -0.15) is 0 Å². The minimum Gasteiger partial charge on any atom is -0.481 e. The van der Waals surface area contributed by atoms with Crippen LogP contribution in [0.1, 0.15) is 30.9 Å². The van der Waals surface area contributed by atoms with E-state index < -0.39 is 18.0 Å². The van der Waals surface area contributed by atoms with Crippen LogP contribution in [0.15, 0.2) is 24.3 Å². The van der Waals surface area contributed by atoms with E-state index in [9.17, 15) is 9.59 Å². The molecule has 0 spiro atoms. The lowest BCUT2D eigenvalue weighted by molar-refractivity contribution is -0.141. The van der Waals surface area contributed by atoms with Gasteiger partial charge in [-0.15, -0.1) is 0 Å². The fourth-order valence-electron chi connectivity index (χ4n) is 1.92. The minimum atomic E-state index is -0.944. The summed E-state index contributed by atoms with van der Waals surface area (Å²) < 4.78 is 0. The number of benzene rings is 1. The van der Waals surface area contributed by atoms with E-state index in [4.69, 9.17) is 10.2 Å². The Kier molecular flexibility index (Phi) is 6.73. The molecule has 0 saturated heterocycles. The number of aryl methyl sites for hydroxylation is 2. The summed E-state index contributed by atoms with van der Waals surface area (Å²) in [6.45, 7) is 2.25. The van der Waals surface area contributed by atoms with Crippen LogP contribution in [-0.2, 0) is 22.4 Å². The molecule has 0 heterocycles. The van der Waals surface area contributed by atoms with Gasteiger partial charge in [0.1, 0.15) is 6.04 Å². The Bertz CT molecular complexity index is 442. The van der Waals surface area contributed by atoms with Crippen LogP contribution in [0, 0.1) is 0 Å². The summed E-state index contributed by atoms with van der Waals surface area (Å²) in [5, 5.41) is 20.4. The first-order valence-corrected chi connectivity index (χ1v) is 6.78. The zero-order chi connectivity index (χ0) is 15.0. The summed E-state index contributed by atoms with van der Waals surface area (Å²) in [6, 6.07) is 7.40. The Morgan fingerprint density at radius 1 is 1.15 bits per heavy atom. The topological polar surface area (TPSA) is 86.6 Å². The highest BCUT2D eigenvalue weighted by Crippen LogP contribution is 2.09. The summed E-state index contributed by atoms with van der Waals surface area (Å²) in [5.41, 5.74) is 2.34. The summed E-state index contributed by atoms with van der Waals surface area (Å²) in [7, 11) is 0. The predicted octanol–water partition coefficient (Wildman–Crippen LogP) is 1.70. The van der Waals surface area contributed by atoms with Crippen LogP contribution < -0.4 is 5.32 Å². The van der Waals surface area contributed by atoms with Crippen LogP contribution in [0.5, 0.6) is 0 Å². The van der Waals surface area contributed by atoms with Crippen molar-refractivity contribution < 1.29 is 19.8 Å². The highest BCUT2D eigenvalue weighted by atomic mass is 16.4. The van der Waals surface area contributed by atoms with Crippen molar-refractivity contribution in [3.8, 4) is 0 Å². The lowest BCUT2D eigenvalue weighted by Gasteiger charge is -2.13. The molecule has 5 nitrogen and oxygen atoms in total. The van der Waals surface area contributed by atoms with Crippen molar-refractivity contribution in [2.75, 3.05) is 6.54 Å². The molecule has 20 heavy (non-hydrogen) atoms. The van der Waals surface area contributed by atoms with E-state index in [0.29, 0.717) is 12.8 Å². The zero-order valence-corrected chi connectivity index (χ0v) is 11.6. The highest BCUT2D eigenvalue weighted by Gasteiger charge is 2.16. The quantitative estimate of drug-likeness (QED) is 0.640. The maximum atomic E-state index is 11.1. The maximum Gasteiger partial charge on any atom is 0.320 e. The smallest absolute Gasteiger partial charge is 0.320 e. The maximum absolute atomic E-state index is 11.1. The second kappa shape index (κ2) is 8.32. The molecule has 0 radical (unpaired) electrons. The van der Waals surface area contributed by atoms with Gasteiger partial charge in [0.2, 0.25) is 0 Å². The molecule has 110 valence electrons. The van der Waals surface area contributed by atoms with Gasteiger partial charge >= 0.3 is 11.9 Å². The number of nitrogens with one attached hydrogen (secondary N) is 1. The Labute approximate surface area is 118 Å². The van der Waals surface area contributed by atoms with Crippen molar-refractivity contribution in [2.24, 2.45) is 0 Å². The summed E-state index contributed by atoms with van der Waals surface area (Å²) >= 11 is 0. The van der Waals surface area contributed by atoms with Gasteiger partial charge in [-0.3, -0.25) is 9.59 Å². The first-order chi connectivity index (χ1) is 9.52. The molecule has 0 amide bonds. The number of rotatable bonds is 9. The van der Waals surface area contributed by atoms with E-state index in [1.54, 1.807) is 0 Å². The fraction of sp³-hybridized carbons (Fsp3) is 0.467. The van der Waals surface area contributed by atoms with Crippen LogP contribution in [0.25, 0.3) is 0 Å². The number of aliphatic carboxylic acids is 2. The molecule has 0 unspecified atom stereocenters. The van der Waals surface area contributed by atoms with Gasteiger partial charge in [-0.25, -0.2) is 0 Å². The first kappa shape index (κ1) is 16.2. The summed E-state index contributed by atoms with van der Waals surface area (Å²) in [4.78, 5) is 21.5. The Hall–Kier alpha value is -1.88. The van der Waals surface area contributed by atoms with Crippen molar-refractivity contribution in [2.45, 2.75) is 38.6 Å². The molecule has 0 aliphatic carbocycles. The Balaban J connectivity index is 2.44. The number of hydrogen-bond donors (Lipinski definition) is 3. The SMILES string of the molecule is CCc1ccc(CC[C@@H](NCCC(=O)O)C(=O)O)cc1. The van der Waals surface area contributed by atoms with Gasteiger partial charge in [0, 0.05) is 6.54 Å². The molecule has 0 saturated carbocycles. The molecule has 1 rings (SSSR count). The average molecular weight is 279 g/mol. The zero-order valence-electron chi connectivity index (χ0n) is 11.6. The number of carbonyl (C=O) groups is 2. The molecule has 0 aromatic heterocycles. The van der Waals surface area contributed by atoms with Crippen LogP contribution in [0.2, 0.25) is 0 Å². The number of carboxylic acids is 2. The van der Waals surface area contributed by atoms with E-state index in [1.165, 1.54) is 5.56 Å². The third-order valence-electron chi connectivity index (χ3n) is 3.18. The summed E-state index contributed by atoms with van der Waals surface area (Å²) in [5.74, 6) is -1.88. The van der Waals surface area contributed by atoms with Gasteiger partial charge in [0.15, 0.2) is 0 Å². The van der Waals surface area contributed by atoms with Crippen LogP contribution in [0.4, 0.5) is 0 Å². The standard InChI is InChI=1S/C15H21NO4/c1-2-11-3-5-12(6-4-11)7-8-13(15(19)20)16-10-9-14(17)18/h3-6,13,16H,2,7-10H2,1H3,(H,17,18)(H,19,20)/t13-/m1/s1. The van der Waals surface area contributed by atoms with Crippen LogP contribution in [-0.4, -0.2) is 34.7 Å². The molecule has 1 aromatic carbocycles. The van der Waals surface area contributed by atoms with Crippen molar-refractivity contribution in [3.63, 3.8) is 0 Å². The molecule has 0 bridgehead atoms. The van der Waals surface area contributed by atoms with E-state index in [-0.39, 0.29) is 13.0 Å². The third kappa shape index (κ3) is 5.84. The lowest BCUT2D eigenvalue weighted by atomic mass is 10.0. The first-order valence-electron chi connectivity index (χ1n) is 6.78. The fourth-order valence-corrected chi connectivity index (χ4v) is 1.92. The van der Waals surface area contributed by atoms with E-state index in [2.05, 4.69) is 12.2 Å². The molecule has 1 atom stereocenters. The molecular weight excluding hydrogens is 258 g/mol. The normalized spacial score (nSPS) is 12.1. The van der Waals surface area contributed by atoms with E-state index in [0.717, 1.165) is 12.0 Å². The van der Waals surface area contributed by atoms with E-state index in [1.807, 2.05) is 24.3 Å². The Morgan fingerprint density at radius 2 is 1.75 bits per heavy atom. The molecule has 0 aliphatic heterocycles. The van der Waals surface area contributed by atoms with Crippen molar-refractivity contribution in [1.29, 1.82) is 0 Å². The largest absolute Gasteiger partial charge is 0.481 e. The third-order valence-corrected chi connectivity index (χ3v) is 3.18. The van der Waals surface area contributed by atoms with Crippen molar-refractivity contribution in [3.05, 3.63) is 35.4 Å². The number of carboxylic acid groups (broad SMARTS) is 2. The average Bonchev–Trinajstić information content (AvgIpc) is 2.42. The van der Waals surface area contributed by atoms with Gasteiger partial charge < -0.3 is 15.5 Å². The predicted molar refractivity (Wildman–Crippen MR) is 75.8 cm³/mol. The molecule has 3 N–H and O–H groups in total. The van der Waals surface area contributed by atoms with E-state index >= 15 is 0 Å². The number of hydrogen-bond acceptors (Lipinski definition) is 3. The molecular formula is C15H21NO4. The molecule has 0 fully saturated rings.